The van der Waals surface area contributed by atoms with Crippen LogP contribution >= 0.6 is 0 Å². The Labute approximate surface area is 146 Å². The van der Waals surface area contributed by atoms with E-state index < -0.39 is 9.84 Å². The molecule has 1 unspecified atom stereocenters. The first kappa shape index (κ1) is 17.4. The molecule has 1 N–H and O–H groups in total. The molecule has 0 aliphatic carbocycles. The number of anilines is 1. The van der Waals surface area contributed by atoms with Gasteiger partial charge in [0.05, 0.1) is 24.3 Å². The van der Waals surface area contributed by atoms with Crippen LogP contribution in [0.2, 0.25) is 0 Å². The summed E-state index contributed by atoms with van der Waals surface area (Å²) in [6.45, 7) is 2.84. The molecular weight excluding hydrogens is 344 g/mol. The van der Waals surface area contributed by atoms with Crippen LogP contribution in [0, 0.1) is 0 Å². The summed E-state index contributed by atoms with van der Waals surface area (Å²) in [5, 5.41) is 10.8. The van der Waals surface area contributed by atoms with Gasteiger partial charge in [0.25, 0.3) is 5.91 Å². The van der Waals surface area contributed by atoms with E-state index in [4.69, 9.17) is 4.42 Å². The highest BCUT2D eigenvalue weighted by molar-refractivity contribution is 7.91. The minimum absolute atomic E-state index is 0.0945. The van der Waals surface area contributed by atoms with Crippen molar-refractivity contribution in [2.24, 2.45) is 0 Å². The number of carbonyl (C=O) groups excluding carboxylic acids is 1. The van der Waals surface area contributed by atoms with Gasteiger partial charge in [-0.2, -0.15) is 0 Å². The lowest BCUT2D eigenvalue weighted by atomic mass is 10.2. The summed E-state index contributed by atoms with van der Waals surface area (Å²) >= 11 is 0. The van der Waals surface area contributed by atoms with E-state index in [2.05, 4.69) is 15.5 Å². The molecule has 1 aliphatic rings. The zero-order chi connectivity index (χ0) is 17.9. The lowest BCUT2D eigenvalue weighted by Crippen LogP contribution is -2.37. The van der Waals surface area contributed by atoms with Crippen LogP contribution in [0.15, 0.2) is 34.9 Å². The predicted octanol–water partition coefficient (Wildman–Crippen LogP) is 1.01. The molecule has 3 heterocycles. The van der Waals surface area contributed by atoms with Gasteiger partial charge in [0.1, 0.15) is 5.76 Å². The minimum Gasteiger partial charge on any atom is -0.467 e. The number of rotatable bonds is 6. The second kappa shape index (κ2) is 7.22. The van der Waals surface area contributed by atoms with E-state index in [1.54, 1.807) is 30.5 Å². The zero-order valence-corrected chi connectivity index (χ0v) is 14.7. The molecule has 0 aromatic carbocycles. The number of hydrogen-bond acceptors (Lipinski definition) is 7. The number of sulfone groups is 1. The quantitative estimate of drug-likeness (QED) is 0.815. The van der Waals surface area contributed by atoms with Gasteiger partial charge < -0.3 is 14.6 Å². The number of hydrogen-bond donors (Lipinski definition) is 1. The van der Waals surface area contributed by atoms with Crippen molar-refractivity contribution in [3.63, 3.8) is 0 Å². The van der Waals surface area contributed by atoms with Crippen molar-refractivity contribution >= 4 is 21.6 Å². The summed E-state index contributed by atoms with van der Waals surface area (Å²) in [5.41, 5.74) is 0.199. The second-order valence-electron chi connectivity index (χ2n) is 5.88. The molecule has 1 amide bonds. The van der Waals surface area contributed by atoms with Crippen LogP contribution in [0.5, 0.6) is 0 Å². The van der Waals surface area contributed by atoms with Gasteiger partial charge in [0.2, 0.25) is 0 Å². The third-order valence-electron chi connectivity index (χ3n) is 4.17. The molecule has 0 bridgehead atoms. The van der Waals surface area contributed by atoms with Gasteiger partial charge in [0, 0.05) is 12.6 Å². The molecule has 25 heavy (non-hydrogen) atoms. The Morgan fingerprint density at radius 1 is 1.36 bits per heavy atom. The molecular formula is C16H20N4O4S. The second-order valence-corrected chi connectivity index (χ2v) is 8.11. The van der Waals surface area contributed by atoms with Gasteiger partial charge in [-0.05, 0) is 37.6 Å². The Morgan fingerprint density at radius 2 is 2.20 bits per heavy atom. The Hall–Kier alpha value is -2.42. The third kappa shape index (κ3) is 4.16. The number of furan rings is 1. The molecule has 1 fully saturated rings. The maximum atomic E-state index is 12.1. The first-order valence-electron chi connectivity index (χ1n) is 8.10. The number of nitrogens with zero attached hydrogens (tertiary/aromatic N) is 3. The third-order valence-corrected chi connectivity index (χ3v) is 5.92. The molecule has 134 valence electrons. The van der Waals surface area contributed by atoms with Crippen molar-refractivity contribution in [3.05, 3.63) is 42.0 Å². The molecule has 1 atom stereocenters. The van der Waals surface area contributed by atoms with Crippen molar-refractivity contribution in [1.29, 1.82) is 0 Å². The Bertz CT molecular complexity index is 818. The summed E-state index contributed by atoms with van der Waals surface area (Å²) in [6, 6.07) is 6.71. The smallest absolute Gasteiger partial charge is 0.272 e. The van der Waals surface area contributed by atoms with Crippen LogP contribution in [0.25, 0.3) is 0 Å². The van der Waals surface area contributed by atoms with Gasteiger partial charge in [-0.3, -0.25) is 4.79 Å². The Kier molecular flexibility index (Phi) is 5.03. The summed E-state index contributed by atoms with van der Waals surface area (Å²) < 4.78 is 28.5. The minimum atomic E-state index is -2.97. The van der Waals surface area contributed by atoms with Crippen molar-refractivity contribution in [2.45, 2.75) is 25.9 Å². The molecule has 0 spiro atoms. The van der Waals surface area contributed by atoms with E-state index in [0.29, 0.717) is 24.5 Å². The predicted molar refractivity (Wildman–Crippen MR) is 92.0 cm³/mol. The lowest BCUT2D eigenvalue weighted by molar-refractivity contribution is 0.0942. The fraction of sp³-hybridized carbons (Fsp3) is 0.438. The summed E-state index contributed by atoms with van der Waals surface area (Å²) in [5.74, 6) is 1.22. The van der Waals surface area contributed by atoms with Crippen LogP contribution in [0.4, 0.5) is 5.82 Å². The highest BCUT2D eigenvalue weighted by Crippen LogP contribution is 2.22. The molecule has 9 heteroatoms. The van der Waals surface area contributed by atoms with Gasteiger partial charge in [-0.15, -0.1) is 10.2 Å². The maximum Gasteiger partial charge on any atom is 0.272 e. The molecule has 0 saturated carbocycles. The van der Waals surface area contributed by atoms with E-state index in [9.17, 15) is 13.2 Å². The van der Waals surface area contributed by atoms with E-state index in [-0.39, 0.29) is 35.7 Å². The van der Waals surface area contributed by atoms with Crippen LogP contribution < -0.4 is 10.2 Å². The van der Waals surface area contributed by atoms with Crippen LogP contribution in [-0.4, -0.2) is 48.6 Å². The highest BCUT2D eigenvalue weighted by atomic mass is 32.2. The standard InChI is InChI=1S/C16H20N4O4S/c1-2-20(12-7-9-25(22,23)11-12)15-6-5-14(18-19-15)16(21)17-10-13-4-3-8-24-13/h3-6,8,12H,2,7,9-11H2,1H3,(H,17,21). The fourth-order valence-electron chi connectivity index (χ4n) is 2.90. The lowest BCUT2D eigenvalue weighted by Gasteiger charge is -2.27. The highest BCUT2D eigenvalue weighted by Gasteiger charge is 2.32. The first-order valence-corrected chi connectivity index (χ1v) is 9.92. The SMILES string of the molecule is CCN(c1ccc(C(=O)NCc2ccco2)nn1)C1CCS(=O)(=O)C1. The van der Waals surface area contributed by atoms with Crippen LogP contribution in [-0.2, 0) is 16.4 Å². The van der Waals surface area contributed by atoms with E-state index in [1.165, 1.54) is 0 Å². The van der Waals surface area contributed by atoms with Crippen molar-refractivity contribution in [3.8, 4) is 0 Å². The molecule has 0 radical (unpaired) electrons. The number of nitrogens with one attached hydrogen (secondary N) is 1. The zero-order valence-electron chi connectivity index (χ0n) is 13.9. The maximum absolute atomic E-state index is 12.1. The van der Waals surface area contributed by atoms with Crippen molar-refractivity contribution in [2.75, 3.05) is 23.0 Å². The van der Waals surface area contributed by atoms with E-state index >= 15 is 0 Å². The Balaban J connectivity index is 1.65. The number of carbonyl (C=O) groups is 1. The summed E-state index contributed by atoms with van der Waals surface area (Å²) in [4.78, 5) is 14.0. The van der Waals surface area contributed by atoms with Crippen LogP contribution in [0.1, 0.15) is 29.6 Å². The van der Waals surface area contributed by atoms with E-state index in [1.807, 2.05) is 11.8 Å². The van der Waals surface area contributed by atoms with Crippen LogP contribution in [0.3, 0.4) is 0 Å². The fourth-order valence-corrected chi connectivity index (χ4v) is 4.63. The van der Waals surface area contributed by atoms with Crippen molar-refractivity contribution in [1.82, 2.24) is 15.5 Å². The normalized spacial score (nSPS) is 18.8. The molecule has 8 nitrogen and oxygen atoms in total. The van der Waals surface area contributed by atoms with Gasteiger partial charge in [0.15, 0.2) is 21.3 Å². The summed E-state index contributed by atoms with van der Waals surface area (Å²) in [7, 11) is -2.97. The van der Waals surface area contributed by atoms with E-state index in [0.717, 1.165) is 0 Å². The van der Waals surface area contributed by atoms with Gasteiger partial charge >= 0.3 is 0 Å². The average molecular weight is 364 g/mol. The molecule has 3 rings (SSSR count). The molecule has 2 aromatic rings. The molecule has 1 aliphatic heterocycles. The van der Waals surface area contributed by atoms with Gasteiger partial charge in [-0.1, -0.05) is 0 Å². The monoisotopic (exact) mass is 364 g/mol. The van der Waals surface area contributed by atoms with Gasteiger partial charge in [-0.25, -0.2) is 8.42 Å². The largest absolute Gasteiger partial charge is 0.467 e. The average Bonchev–Trinajstić information content (AvgIpc) is 3.23. The summed E-state index contributed by atoms with van der Waals surface area (Å²) in [6.07, 6.45) is 2.13. The number of aromatic nitrogens is 2. The Morgan fingerprint density at radius 3 is 2.76 bits per heavy atom. The molecule has 2 aromatic heterocycles. The topological polar surface area (TPSA) is 105 Å². The van der Waals surface area contributed by atoms with Crippen molar-refractivity contribution < 1.29 is 17.6 Å². The number of amides is 1. The molecule has 1 saturated heterocycles. The first-order chi connectivity index (χ1) is 12.0.